The number of hydrogen-bond acceptors (Lipinski definition) is 3. The first-order valence-corrected chi connectivity index (χ1v) is 9.84. The summed E-state index contributed by atoms with van der Waals surface area (Å²) in [6.07, 6.45) is 0. The van der Waals surface area contributed by atoms with E-state index in [4.69, 9.17) is 9.47 Å². The summed E-state index contributed by atoms with van der Waals surface area (Å²) in [5.74, 6) is 1.40. The lowest BCUT2D eigenvalue weighted by Gasteiger charge is -2.14. The Labute approximate surface area is 172 Å². The van der Waals surface area contributed by atoms with E-state index < -0.39 is 0 Å². The predicted molar refractivity (Wildman–Crippen MR) is 115 cm³/mol. The van der Waals surface area contributed by atoms with Gasteiger partial charge in [-0.25, -0.2) is 0 Å². The van der Waals surface area contributed by atoms with Gasteiger partial charge in [0.15, 0.2) is 0 Å². The van der Waals surface area contributed by atoms with Gasteiger partial charge >= 0.3 is 0 Å². The third-order valence-electron chi connectivity index (χ3n) is 4.61. The molecule has 0 atom stereocenters. The number of aryl methyl sites for hydroxylation is 2. The third-order valence-corrected chi connectivity index (χ3v) is 4.61. The van der Waals surface area contributed by atoms with Gasteiger partial charge in [-0.15, -0.1) is 0 Å². The van der Waals surface area contributed by atoms with Gasteiger partial charge in [0.25, 0.3) is 5.91 Å². The highest BCUT2D eigenvalue weighted by atomic mass is 16.5. The van der Waals surface area contributed by atoms with Gasteiger partial charge in [-0.1, -0.05) is 47.5 Å². The van der Waals surface area contributed by atoms with Crippen molar-refractivity contribution in [1.82, 2.24) is 5.32 Å². The Morgan fingerprint density at radius 3 is 2.17 bits per heavy atom. The molecule has 3 aromatic rings. The third kappa shape index (κ3) is 5.85. The van der Waals surface area contributed by atoms with Gasteiger partial charge < -0.3 is 14.8 Å². The van der Waals surface area contributed by atoms with Gasteiger partial charge in [-0.3, -0.25) is 4.79 Å². The average Bonchev–Trinajstić information content (AvgIpc) is 2.73. The van der Waals surface area contributed by atoms with Crippen LogP contribution in [0.15, 0.2) is 66.7 Å². The van der Waals surface area contributed by atoms with Crippen molar-refractivity contribution >= 4 is 5.91 Å². The summed E-state index contributed by atoms with van der Waals surface area (Å²) in [5.41, 5.74) is 4.88. The Bertz CT molecular complexity index is 947. The quantitative estimate of drug-likeness (QED) is 0.575. The molecule has 0 fully saturated rings. The molecular weight excluding hydrogens is 362 g/mol. The minimum Gasteiger partial charge on any atom is -0.493 e. The Morgan fingerprint density at radius 2 is 1.52 bits per heavy atom. The molecule has 0 aliphatic heterocycles. The maximum absolute atomic E-state index is 12.6. The molecular formula is C25H27NO3. The van der Waals surface area contributed by atoms with Crippen LogP contribution in [0.5, 0.6) is 11.5 Å². The second kappa shape index (κ2) is 9.78. The van der Waals surface area contributed by atoms with Gasteiger partial charge in [0.05, 0.1) is 6.61 Å². The molecule has 0 aliphatic carbocycles. The first-order valence-electron chi connectivity index (χ1n) is 9.84. The van der Waals surface area contributed by atoms with Crippen molar-refractivity contribution in [3.05, 3.63) is 94.5 Å². The molecule has 0 radical (unpaired) electrons. The van der Waals surface area contributed by atoms with Gasteiger partial charge in [0.1, 0.15) is 18.1 Å². The fraction of sp³-hybridized carbons (Fsp3) is 0.240. The Hall–Kier alpha value is -3.27. The maximum Gasteiger partial charge on any atom is 0.251 e. The highest BCUT2D eigenvalue weighted by molar-refractivity contribution is 5.94. The molecule has 4 heteroatoms. The number of amides is 1. The van der Waals surface area contributed by atoms with Crippen LogP contribution >= 0.6 is 0 Å². The lowest BCUT2D eigenvalue weighted by Crippen LogP contribution is -2.23. The fourth-order valence-corrected chi connectivity index (χ4v) is 2.92. The molecule has 150 valence electrons. The van der Waals surface area contributed by atoms with E-state index in [1.165, 1.54) is 11.1 Å². The maximum atomic E-state index is 12.6. The van der Waals surface area contributed by atoms with Crippen molar-refractivity contribution in [2.45, 2.75) is 33.9 Å². The zero-order valence-corrected chi connectivity index (χ0v) is 17.2. The number of carbonyl (C=O) groups excluding carboxylic acids is 1. The molecule has 4 nitrogen and oxygen atoms in total. The van der Waals surface area contributed by atoms with Crippen LogP contribution in [0.4, 0.5) is 0 Å². The standard InChI is InChI=1S/C25H27NO3/c1-4-28-24-14-11-21(25(27)26-16-20-9-5-18(2)6-10-20)15-22(24)17-29-23-12-7-19(3)8-13-23/h5-15H,4,16-17H2,1-3H3,(H,26,27). The number of rotatable bonds is 8. The molecule has 0 unspecified atom stereocenters. The number of benzene rings is 3. The molecule has 3 rings (SSSR count). The van der Waals surface area contributed by atoms with E-state index in [0.29, 0.717) is 25.3 Å². The van der Waals surface area contributed by atoms with Crippen LogP contribution in [0.3, 0.4) is 0 Å². The van der Waals surface area contributed by atoms with E-state index in [1.54, 1.807) is 6.07 Å². The molecule has 0 saturated carbocycles. The van der Waals surface area contributed by atoms with Gasteiger partial charge in [0.2, 0.25) is 0 Å². The second-order valence-corrected chi connectivity index (χ2v) is 7.03. The Balaban J connectivity index is 1.69. The van der Waals surface area contributed by atoms with Crippen LogP contribution in [0.2, 0.25) is 0 Å². The monoisotopic (exact) mass is 389 g/mol. The highest BCUT2D eigenvalue weighted by Gasteiger charge is 2.11. The van der Waals surface area contributed by atoms with E-state index in [9.17, 15) is 4.79 Å². The zero-order chi connectivity index (χ0) is 20.6. The van der Waals surface area contributed by atoms with E-state index >= 15 is 0 Å². The molecule has 0 aromatic heterocycles. The summed E-state index contributed by atoms with van der Waals surface area (Å²) >= 11 is 0. The van der Waals surface area contributed by atoms with Crippen LogP contribution in [0.25, 0.3) is 0 Å². The van der Waals surface area contributed by atoms with E-state index in [-0.39, 0.29) is 5.91 Å². The summed E-state index contributed by atoms with van der Waals surface area (Å²) < 4.78 is 11.6. The average molecular weight is 389 g/mol. The van der Waals surface area contributed by atoms with Crippen molar-refractivity contribution in [3.8, 4) is 11.5 Å². The van der Waals surface area contributed by atoms with Crippen LogP contribution in [-0.4, -0.2) is 12.5 Å². The number of nitrogens with one attached hydrogen (secondary N) is 1. The summed E-state index contributed by atoms with van der Waals surface area (Å²) in [4.78, 5) is 12.6. The topological polar surface area (TPSA) is 47.6 Å². The molecule has 29 heavy (non-hydrogen) atoms. The summed E-state index contributed by atoms with van der Waals surface area (Å²) in [6.45, 7) is 7.39. The predicted octanol–water partition coefficient (Wildman–Crippen LogP) is 5.21. The van der Waals surface area contributed by atoms with Gasteiger partial charge in [0, 0.05) is 17.7 Å². The van der Waals surface area contributed by atoms with Crippen LogP contribution in [0.1, 0.15) is 39.5 Å². The van der Waals surface area contributed by atoms with Crippen molar-refractivity contribution in [2.24, 2.45) is 0 Å². The van der Waals surface area contributed by atoms with Crippen molar-refractivity contribution < 1.29 is 14.3 Å². The Kier molecular flexibility index (Phi) is 6.90. The molecule has 0 aliphatic rings. The number of ether oxygens (including phenoxy) is 2. The van der Waals surface area contributed by atoms with E-state index in [0.717, 1.165) is 22.6 Å². The van der Waals surface area contributed by atoms with Crippen molar-refractivity contribution in [1.29, 1.82) is 0 Å². The van der Waals surface area contributed by atoms with Gasteiger partial charge in [-0.2, -0.15) is 0 Å². The molecule has 3 aromatic carbocycles. The number of hydrogen-bond donors (Lipinski definition) is 1. The first kappa shape index (κ1) is 20.5. The van der Waals surface area contributed by atoms with Crippen molar-refractivity contribution in [3.63, 3.8) is 0 Å². The summed E-state index contributed by atoms with van der Waals surface area (Å²) in [7, 11) is 0. The molecule has 0 saturated heterocycles. The largest absolute Gasteiger partial charge is 0.493 e. The van der Waals surface area contributed by atoms with Crippen LogP contribution < -0.4 is 14.8 Å². The summed E-state index contributed by atoms with van der Waals surface area (Å²) in [5, 5.41) is 2.97. The zero-order valence-electron chi connectivity index (χ0n) is 17.2. The normalized spacial score (nSPS) is 10.4. The lowest BCUT2D eigenvalue weighted by molar-refractivity contribution is 0.0950. The van der Waals surface area contributed by atoms with Crippen molar-refractivity contribution in [2.75, 3.05) is 6.61 Å². The van der Waals surface area contributed by atoms with Crippen LogP contribution in [-0.2, 0) is 13.2 Å². The number of carbonyl (C=O) groups is 1. The fourth-order valence-electron chi connectivity index (χ4n) is 2.92. The minimum absolute atomic E-state index is 0.120. The Morgan fingerprint density at radius 1 is 0.862 bits per heavy atom. The van der Waals surface area contributed by atoms with E-state index in [2.05, 4.69) is 5.32 Å². The lowest BCUT2D eigenvalue weighted by atomic mass is 10.1. The minimum atomic E-state index is -0.120. The molecule has 0 spiro atoms. The molecule has 1 amide bonds. The van der Waals surface area contributed by atoms with E-state index in [1.807, 2.05) is 81.4 Å². The molecule has 1 N–H and O–H groups in total. The second-order valence-electron chi connectivity index (χ2n) is 7.03. The SMILES string of the molecule is CCOc1ccc(C(=O)NCc2ccc(C)cc2)cc1COc1ccc(C)cc1. The first-order chi connectivity index (χ1) is 14.0. The molecule has 0 heterocycles. The highest BCUT2D eigenvalue weighted by Crippen LogP contribution is 2.23. The van der Waals surface area contributed by atoms with Crippen LogP contribution in [0, 0.1) is 13.8 Å². The smallest absolute Gasteiger partial charge is 0.251 e. The van der Waals surface area contributed by atoms with Gasteiger partial charge in [-0.05, 0) is 56.7 Å². The summed E-state index contributed by atoms with van der Waals surface area (Å²) in [6, 6.07) is 21.5. The molecule has 0 bridgehead atoms.